The third kappa shape index (κ3) is 3.73. The molecule has 116 valence electrons. The van der Waals surface area contributed by atoms with Gasteiger partial charge in [0, 0.05) is 32.1 Å². The number of nitrogens with zero attached hydrogens (tertiary/aromatic N) is 2. The van der Waals surface area contributed by atoms with E-state index in [-0.39, 0.29) is 17.7 Å². The first kappa shape index (κ1) is 15.8. The lowest BCUT2D eigenvalue weighted by molar-refractivity contribution is -0.130. The van der Waals surface area contributed by atoms with Gasteiger partial charge in [0.05, 0.1) is 5.75 Å². The second kappa shape index (κ2) is 6.43. The van der Waals surface area contributed by atoms with Crippen molar-refractivity contribution in [1.82, 2.24) is 9.21 Å². The van der Waals surface area contributed by atoms with E-state index in [1.807, 2.05) is 18.7 Å². The van der Waals surface area contributed by atoms with E-state index in [0.717, 1.165) is 25.8 Å². The van der Waals surface area contributed by atoms with Crippen LogP contribution in [0.2, 0.25) is 0 Å². The summed E-state index contributed by atoms with van der Waals surface area (Å²) in [4.78, 5) is 13.7. The lowest BCUT2D eigenvalue weighted by atomic mass is 10.1. The quantitative estimate of drug-likeness (QED) is 0.772. The molecule has 2 saturated heterocycles. The van der Waals surface area contributed by atoms with Crippen molar-refractivity contribution >= 4 is 15.9 Å². The topological polar surface area (TPSA) is 57.7 Å². The maximum absolute atomic E-state index is 12.4. The van der Waals surface area contributed by atoms with Crippen molar-refractivity contribution in [3.63, 3.8) is 0 Å². The van der Waals surface area contributed by atoms with Gasteiger partial charge in [0.2, 0.25) is 15.9 Å². The third-order valence-corrected chi connectivity index (χ3v) is 6.13. The Morgan fingerprint density at radius 1 is 1.25 bits per heavy atom. The van der Waals surface area contributed by atoms with Crippen LogP contribution in [0, 0.1) is 5.92 Å². The molecule has 2 aliphatic heterocycles. The summed E-state index contributed by atoms with van der Waals surface area (Å²) >= 11 is 0. The minimum Gasteiger partial charge on any atom is -0.338 e. The van der Waals surface area contributed by atoms with Crippen molar-refractivity contribution in [3.05, 3.63) is 0 Å². The molecule has 20 heavy (non-hydrogen) atoms. The van der Waals surface area contributed by atoms with Gasteiger partial charge in [0.25, 0.3) is 0 Å². The Bertz CT molecular complexity index is 447. The van der Waals surface area contributed by atoms with Crippen LogP contribution in [0.5, 0.6) is 0 Å². The van der Waals surface area contributed by atoms with Crippen LogP contribution in [0.15, 0.2) is 0 Å². The van der Waals surface area contributed by atoms with Gasteiger partial charge in [-0.25, -0.2) is 8.42 Å². The molecule has 1 amide bonds. The van der Waals surface area contributed by atoms with Gasteiger partial charge in [-0.15, -0.1) is 0 Å². The van der Waals surface area contributed by atoms with Gasteiger partial charge in [0.1, 0.15) is 0 Å². The van der Waals surface area contributed by atoms with Gasteiger partial charge in [-0.05, 0) is 31.6 Å². The highest BCUT2D eigenvalue weighted by atomic mass is 32.2. The Hall–Kier alpha value is -0.620. The predicted molar refractivity (Wildman–Crippen MR) is 78.8 cm³/mol. The summed E-state index contributed by atoms with van der Waals surface area (Å²) in [5.41, 5.74) is 0. The molecule has 5 nitrogen and oxygen atoms in total. The molecular weight excluding hydrogens is 276 g/mol. The van der Waals surface area contributed by atoms with Crippen LogP contribution in [-0.4, -0.2) is 55.0 Å². The van der Waals surface area contributed by atoms with Crippen molar-refractivity contribution in [2.75, 3.05) is 25.4 Å². The third-order valence-electron chi connectivity index (χ3n) is 4.26. The molecule has 1 unspecified atom stereocenters. The fourth-order valence-electron chi connectivity index (χ4n) is 3.00. The number of hydrogen-bond acceptors (Lipinski definition) is 3. The summed E-state index contributed by atoms with van der Waals surface area (Å²) in [6, 6.07) is 0.0903. The van der Waals surface area contributed by atoms with E-state index in [4.69, 9.17) is 0 Å². The molecule has 0 spiro atoms. The molecule has 0 radical (unpaired) electrons. The number of hydrogen-bond donors (Lipinski definition) is 0. The first-order chi connectivity index (χ1) is 9.40. The second-order valence-electron chi connectivity index (χ2n) is 6.34. The molecule has 0 bridgehead atoms. The van der Waals surface area contributed by atoms with Gasteiger partial charge in [-0.2, -0.15) is 4.31 Å². The van der Waals surface area contributed by atoms with Crippen LogP contribution in [0.4, 0.5) is 0 Å². The fourth-order valence-corrected chi connectivity index (χ4v) is 4.83. The molecule has 1 atom stereocenters. The lowest BCUT2D eigenvalue weighted by Gasteiger charge is -2.37. The SMILES string of the molecule is CC(C)CCS(=O)(=O)N1CCCC(N2CCCC2=O)C1. The molecule has 0 aromatic rings. The highest BCUT2D eigenvalue weighted by Gasteiger charge is 2.35. The monoisotopic (exact) mass is 302 g/mol. The molecule has 6 heteroatoms. The first-order valence-electron chi connectivity index (χ1n) is 7.67. The second-order valence-corrected chi connectivity index (χ2v) is 8.43. The molecular formula is C14H26N2O3S. The van der Waals surface area contributed by atoms with Crippen LogP contribution in [0.3, 0.4) is 0 Å². The van der Waals surface area contributed by atoms with E-state index >= 15 is 0 Å². The number of likely N-dealkylation sites (tertiary alicyclic amines) is 1. The Morgan fingerprint density at radius 3 is 2.60 bits per heavy atom. The minimum absolute atomic E-state index is 0.0903. The van der Waals surface area contributed by atoms with Gasteiger partial charge in [-0.1, -0.05) is 13.8 Å². The van der Waals surface area contributed by atoms with E-state index in [0.29, 0.717) is 31.8 Å². The number of rotatable bonds is 5. The highest BCUT2D eigenvalue weighted by Crippen LogP contribution is 2.23. The molecule has 0 aromatic heterocycles. The summed E-state index contributed by atoms with van der Waals surface area (Å²) in [7, 11) is -3.16. The van der Waals surface area contributed by atoms with E-state index < -0.39 is 10.0 Å². The summed E-state index contributed by atoms with van der Waals surface area (Å²) in [5.74, 6) is 0.813. The van der Waals surface area contributed by atoms with Crippen LogP contribution in [-0.2, 0) is 14.8 Å². The van der Waals surface area contributed by atoms with Gasteiger partial charge in [0.15, 0.2) is 0 Å². The summed E-state index contributed by atoms with van der Waals surface area (Å²) in [6.07, 6.45) is 4.02. The van der Waals surface area contributed by atoms with Crippen LogP contribution >= 0.6 is 0 Å². The molecule has 2 rings (SSSR count). The van der Waals surface area contributed by atoms with Gasteiger partial charge in [-0.3, -0.25) is 4.79 Å². The lowest BCUT2D eigenvalue weighted by Crippen LogP contribution is -2.50. The van der Waals surface area contributed by atoms with Gasteiger partial charge >= 0.3 is 0 Å². The molecule has 0 N–H and O–H groups in total. The predicted octanol–water partition coefficient (Wildman–Crippen LogP) is 1.45. The Morgan fingerprint density at radius 2 is 2.00 bits per heavy atom. The average molecular weight is 302 g/mol. The minimum atomic E-state index is -3.16. The van der Waals surface area contributed by atoms with Crippen LogP contribution in [0.1, 0.15) is 46.0 Å². The largest absolute Gasteiger partial charge is 0.338 e. The number of piperidine rings is 1. The zero-order valence-electron chi connectivity index (χ0n) is 12.5. The number of sulfonamides is 1. The molecule has 2 fully saturated rings. The normalized spacial score (nSPS) is 25.6. The van der Waals surface area contributed by atoms with E-state index in [1.54, 1.807) is 4.31 Å². The summed E-state index contributed by atoms with van der Waals surface area (Å²) in [6.45, 7) is 5.98. The van der Waals surface area contributed by atoms with Gasteiger partial charge < -0.3 is 4.90 Å². The Balaban J connectivity index is 1.97. The van der Waals surface area contributed by atoms with Crippen molar-refractivity contribution in [1.29, 1.82) is 0 Å². The first-order valence-corrected chi connectivity index (χ1v) is 9.28. The van der Waals surface area contributed by atoms with E-state index in [1.165, 1.54) is 0 Å². The average Bonchev–Trinajstić information content (AvgIpc) is 2.83. The smallest absolute Gasteiger partial charge is 0.222 e. The number of carbonyl (C=O) groups is 1. The number of carbonyl (C=O) groups excluding carboxylic acids is 1. The van der Waals surface area contributed by atoms with E-state index in [2.05, 4.69) is 0 Å². The zero-order valence-corrected chi connectivity index (χ0v) is 13.4. The fraction of sp³-hybridized carbons (Fsp3) is 0.929. The molecule has 2 aliphatic rings. The Labute approximate surface area is 122 Å². The Kier molecular flexibility index (Phi) is 5.07. The molecule has 2 heterocycles. The maximum atomic E-state index is 12.4. The summed E-state index contributed by atoms with van der Waals surface area (Å²) < 4.78 is 26.3. The molecule has 0 aromatic carbocycles. The van der Waals surface area contributed by atoms with E-state index in [9.17, 15) is 13.2 Å². The van der Waals surface area contributed by atoms with Crippen molar-refractivity contribution < 1.29 is 13.2 Å². The standard InChI is InChI=1S/C14H26N2O3S/c1-12(2)7-10-20(18,19)15-8-3-5-13(11-15)16-9-4-6-14(16)17/h12-13H,3-11H2,1-2H3. The van der Waals surface area contributed by atoms with Crippen LogP contribution < -0.4 is 0 Å². The molecule has 0 aliphatic carbocycles. The zero-order chi connectivity index (χ0) is 14.8. The van der Waals surface area contributed by atoms with Crippen LogP contribution in [0.25, 0.3) is 0 Å². The van der Waals surface area contributed by atoms with Crippen molar-refractivity contribution in [3.8, 4) is 0 Å². The summed E-state index contributed by atoms with van der Waals surface area (Å²) in [5, 5.41) is 0. The highest BCUT2D eigenvalue weighted by molar-refractivity contribution is 7.89. The van der Waals surface area contributed by atoms with Crippen molar-refractivity contribution in [2.24, 2.45) is 5.92 Å². The maximum Gasteiger partial charge on any atom is 0.222 e. The van der Waals surface area contributed by atoms with Crippen molar-refractivity contribution in [2.45, 2.75) is 52.0 Å². The number of amides is 1. The molecule has 0 saturated carbocycles.